The molecule has 4 N–H and O–H groups in total. The maximum atomic E-state index is 9.91. The number of aliphatic hydroxyl groups excluding tert-OH is 2. The average Bonchev–Trinajstić information content (AvgIpc) is 2.36. The van der Waals surface area contributed by atoms with Gasteiger partial charge in [-0.15, -0.1) is 0 Å². The summed E-state index contributed by atoms with van der Waals surface area (Å²) in [5, 5.41) is 38.4. The van der Waals surface area contributed by atoms with E-state index in [-0.39, 0.29) is 13.2 Å². The van der Waals surface area contributed by atoms with Gasteiger partial charge in [-0.25, -0.2) is 0 Å². The Balaban J connectivity index is 2.39. The van der Waals surface area contributed by atoms with Gasteiger partial charge in [0.2, 0.25) is 0 Å². The van der Waals surface area contributed by atoms with Crippen LogP contribution >= 0.6 is 0 Å². The van der Waals surface area contributed by atoms with E-state index in [9.17, 15) is 15.3 Å². The Labute approximate surface area is 75.6 Å². The lowest BCUT2D eigenvalue weighted by Crippen LogP contribution is -2.53. The van der Waals surface area contributed by atoms with Crippen LogP contribution in [0.4, 0.5) is 0 Å². The fourth-order valence-corrected chi connectivity index (χ4v) is 2.50. The molecule has 2 rings (SSSR count). The van der Waals surface area contributed by atoms with Crippen LogP contribution in [-0.4, -0.2) is 57.0 Å². The summed E-state index contributed by atoms with van der Waals surface area (Å²) in [5.41, 5.74) is -2.86. The number of ether oxygens (including phenoxy) is 1. The van der Waals surface area contributed by atoms with Crippen LogP contribution in [-0.2, 0) is 4.74 Å². The molecule has 76 valence electrons. The van der Waals surface area contributed by atoms with Gasteiger partial charge in [-0.05, 0) is 6.92 Å². The van der Waals surface area contributed by atoms with Gasteiger partial charge in [-0.1, -0.05) is 0 Å². The molecule has 1 aliphatic heterocycles. The largest absolute Gasteiger partial charge is 0.396 e. The highest BCUT2D eigenvalue weighted by atomic mass is 16.6. The van der Waals surface area contributed by atoms with Gasteiger partial charge >= 0.3 is 0 Å². The van der Waals surface area contributed by atoms with Gasteiger partial charge in [-0.2, -0.15) is 0 Å². The highest BCUT2D eigenvalue weighted by Crippen LogP contribution is 2.49. The summed E-state index contributed by atoms with van der Waals surface area (Å²) in [5.74, 6) is -0.742. The highest BCUT2D eigenvalue weighted by molar-refractivity contribution is 5.19. The average molecular weight is 190 g/mol. The van der Waals surface area contributed by atoms with Gasteiger partial charge in [0.15, 0.2) is 0 Å². The summed E-state index contributed by atoms with van der Waals surface area (Å²) in [6, 6.07) is 0. The van der Waals surface area contributed by atoms with Crippen molar-refractivity contribution in [1.82, 2.24) is 0 Å². The molecule has 1 heterocycles. The maximum absolute atomic E-state index is 9.91. The van der Waals surface area contributed by atoms with Crippen molar-refractivity contribution >= 4 is 0 Å². The molecule has 1 unspecified atom stereocenters. The molecule has 0 aromatic rings. The SMILES string of the molecule is C[C@]1(O)[C@@H]2OCC(O)([C@@H]2O)[C@@H]1CO. The van der Waals surface area contributed by atoms with Crippen LogP contribution in [0.2, 0.25) is 0 Å². The number of aliphatic hydroxyl groups is 4. The van der Waals surface area contributed by atoms with E-state index in [2.05, 4.69) is 0 Å². The quantitative estimate of drug-likeness (QED) is 0.378. The topological polar surface area (TPSA) is 90.2 Å². The second-order valence-electron chi connectivity index (χ2n) is 4.13. The zero-order valence-electron chi connectivity index (χ0n) is 7.34. The predicted octanol–water partition coefficient (Wildman–Crippen LogP) is -2.15. The molecule has 1 aliphatic carbocycles. The third-order valence-corrected chi connectivity index (χ3v) is 3.36. The van der Waals surface area contributed by atoms with Crippen LogP contribution in [0.15, 0.2) is 0 Å². The Hall–Kier alpha value is -0.200. The van der Waals surface area contributed by atoms with Crippen LogP contribution in [0.3, 0.4) is 0 Å². The molecule has 13 heavy (non-hydrogen) atoms. The van der Waals surface area contributed by atoms with Gasteiger partial charge in [-0.3, -0.25) is 0 Å². The van der Waals surface area contributed by atoms with E-state index >= 15 is 0 Å². The standard InChI is InChI=1S/C8H14O5/c1-7(11)4(2-9)8(12)3-13-6(7)5(8)10/h4-6,9-12H,2-3H2,1H3/t4-,5-,6-,7-,8?/m1/s1. The molecule has 0 aromatic heterocycles. The van der Waals surface area contributed by atoms with Gasteiger partial charge in [0.25, 0.3) is 0 Å². The Bertz CT molecular complexity index is 229. The van der Waals surface area contributed by atoms with E-state index in [1.807, 2.05) is 0 Å². The molecular formula is C8H14O5. The summed E-state index contributed by atoms with van der Waals surface area (Å²) in [6.07, 6.45) is -1.91. The van der Waals surface area contributed by atoms with Crippen molar-refractivity contribution in [3.05, 3.63) is 0 Å². The van der Waals surface area contributed by atoms with E-state index in [1.54, 1.807) is 0 Å². The second kappa shape index (κ2) is 2.43. The summed E-state index contributed by atoms with van der Waals surface area (Å²) >= 11 is 0. The lowest BCUT2D eigenvalue weighted by molar-refractivity contribution is -0.179. The van der Waals surface area contributed by atoms with Crippen LogP contribution in [0.25, 0.3) is 0 Å². The lowest BCUT2D eigenvalue weighted by atomic mass is 9.83. The third kappa shape index (κ3) is 0.884. The fourth-order valence-electron chi connectivity index (χ4n) is 2.50. The third-order valence-electron chi connectivity index (χ3n) is 3.36. The van der Waals surface area contributed by atoms with Gasteiger partial charge in [0, 0.05) is 5.92 Å². The van der Waals surface area contributed by atoms with Crippen molar-refractivity contribution in [3.8, 4) is 0 Å². The molecule has 5 atom stereocenters. The molecule has 0 amide bonds. The van der Waals surface area contributed by atoms with Crippen LogP contribution < -0.4 is 0 Å². The zero-order valence-corrected chi connectivity index (χ0v) is 7.34. The van der Waals surface area contributed by atoms with Crippen molar-refractivity contribution in [2.45, 2.75) is 30.3 Å². The number of fused-ring (bicyclic) bond motifs is 2. The van der Waals surface area contributed by atoms with Crippen molar-refractivity contribution in [1.29, 1.82) is 0 Å². The fraction of sp³-hybridized carbons (Fsp3) is 1.00. The van der Waals surface area contributed by atoms with Crippen molar-refractivity contribution < 1.29 is 25.2 Å². The van der Waals surface area contributed by atoms with Gasteiger partial charge < -0.3 is 25.2 Å². The van der Waals surface area contributed by atoms with E-state index < -0.39 is 29.3 Å². The van der Waals surface area contributed by atoms with Crippen molar-refractivity contribution in [3.63, 3.8) is 0 Å². The molecule has 2 fully saturated rings. The first-order valence-corrected chi connectivity index (χ1v) is 4.30. The van der Waals surface area contributed by atoms with Gasteiger partial charge in [0.1, 0.15) is 17.8 Å². The Morgan fingerprint density at radius 2 is 2.08 bits per heavy atom. The Kier molecular flexibility index (Phi) is 1.75. The molecule has 0 spiro atoms. The molecule has 0 radical (unpaired) electrons. The minimum absolute atomic E-state index is 0.0276. The minimum Gasteiger partial charge on any atom is -0.396 e. The summed E-state index contributed by atoms with van der Waals surface area (Å²) in [6.45, 7) is 1.07. The highest BCUT2D eigenvalue weighted by Gasteiger charge is 2.70. The van der Waals surface area contributed by atoms with E-state index in [0.717, 1.165) is 0 Å². The van der Waals surface area contributed by atoms with Crippen molar-refractivity contribution in [2.75, 3.05) is 13.2 Å². The smallest absolute Gasteiger partial charge is 0.124 e. The van der Waals surface area contributed by atoms with Crippen LogP contribution in [0.5, 0.6) is 0 Å². The summed E-state index contributed by atoms with van der Waals surface area (Å²) in [4.78, 5) is 0. The zero-order chi connectivity index (χ0) is 9.85. The lowest BCUT2D eigenvalue weighted by Gasteiger charge is -2.37. The molecule has 5 nitrogen and oxygen atoms in total. The molecule has 2 bridgehead atoms. The van der Waals surface area contributed by atoms with Crippen molar-refractivity contribution in [2.24, 2.45) is 5.92 Å². The number of hydrogen-bond acceptors (Lipinski definition) is 5. The summed E-state index contributed by atoms with van der Waals surface area (Å²) < 4.78 is 5.05. The first kappa shape index (κ1) is 9.36. The first-order valence-electron chi connectivity index (χ1n) is 4.30. The molecule has 2 aliphatic rings. The molecule has 1 saturated carbocycles. The van der Waals surface area contributed by atoms with Crippen LogP contribution in [0, 0.1) is 5.92 Å². The molecular weight excluding hydrogens is 176 g/mol. The second-order valence-corrected chi connectivity index (χ2v) is 4.13. The predicted molar refractivity (Wildman–Crippen MR) is 41.9 cm³/mol. The first-order chi connectivity index (χ1) is 5.94. The molecule has 1 saturated heterocycles. The molecule has 0 aromatic carbocycles. The van der Waals surface area contributed by atoms with E-state index in [4.69, 9.17) is 9.84 Å². The minimum atomic E-state index is -1.50. The Morgan fingerprint density at radius 1 is 1.46 bits per heavy atom. The number of rotatable bonds is 1. The normalized spacial score (nSPS) is 60.2. The van der Waals surface area contributed by atoms with Crippen LogP contribution in [0.1, 0.15) is 6.92 Å². The monoisotopic (exact) mass is 190 g/mol. The number of hydrogen-bond donors (Lipinski definition) is 4. The van der Waals surface area contributed by atoms with E-state index in [0.29, 0.717) is 0 Å². The van der Waals surface area contributed by atoms with Gasteiger partial charge in [0.05, 0.1) is 18.8 Å². The molecule has 5 heteroatoms. The maximum Gasteiger partial charge on any atom is 0.124 e. The van der Waals surface area contributed by atoms with E-state index in [1.165, 1.54) is 6.92 Å². The summed E-state index contributed by atoms with van der Waals surface area (Å²) in [7, 11) is 0. The Morgan fingerprint density at radius 3 is 2.38 bits per heavy atom.